The van der Waals surface area contributed by atoms with Crippen molar-refractivity contribution in [2.45, 2.75) is 74.3 Å². The summed E-state index contributed by atoms with van der Waals surface area (Å²) in [7, 11) is 0. The van der Waals surface area contributed by atoms with E-state index in [-0.39, 0.29) is 61.4 Å². The van der Waals surface area contributed by atoms with Gasteiger partial charge in [-0.05, 0) is 44.5 Å². The number of aliphatic carboxylic acids is 1. The Balaban J connectivity index is 0.000000221. The zero-order valence-corrected chi connectivity index (χ0v) is 43.8. The number of imide groups is 2. The number of thioether (sulfide) groups is 2. The van der Waals surface area contributed by atoms with Crippen molar-refractivity contribution in [3.63, 3.8) is 0 Å². The molecule has 0 saturated carbocycles. The van der Waals surface area contributed by atoms with Crippen LogP contribution in [0.3, 0.4) is 0 Å². The van der Waals surface area contributed by atoms with Crippen molar-refractivity contribution < 1.29 is 63.7 Å². The van der Waals surface area contributed by atoms with Gasteiger partial charge < -0.3 is 30.8 Å². The van der Waals surface area contributed by atoms with Crippen LogP contribution >= 0.6 is 23.5 Å². The van der Waals surface area contributed by atoms with Crippen molar-refractivity contribution in [1.82, 2.24) is 20.8 Å². The number of hydrogen-bond donors (Lipinski definition) is 6. The third kappa shape index (κ3) is 14.7. The molecule has 6 aromatic rings. The Hall–Kier alpha value is -7.94. The molecule has 77 heavy (non-hydrogen) atoms. The smallest absolute Gasteiger partial charge is 0.356 e. The molecule has 6 amide bonds. The molecule has 0 radical (unpaired) electrons. The van der Waals surface area contributed by atoms with Crippen molar-refractivity contribution in [1.29, 1.82) is 0 Å². The van der Waals surface area contributed by atoms with E-state index < -0.39 is 63.1 Å². The van der Waals surface area contributed by atoms with Gasteiger partial charge in [-0.25, -0.2) is 9.59 Å². The van der Waals surface area contributed by atoms with Gasteiger partial charge in [-0.15, -0.1) is 28.6 Å². The fourth-order valence-corrected chi connectivity index (χ4v) is 11.6. The van der Waals surface area contributed by atoms with Crippen LogP contribution in [-0.2, 0) is 65.9 Å². The van der Waals surface area contributed by atoms with E-state index in [0.717, 1.165) is 44.5 Å². The second kappa shape index (κ2) is 27.7. The number of aliphatic hydroxyl groups excluding tert-OH is 2. The molecular formula is C58H58N4O13S2. The van der Waals surface area contributed by atoms with Gasteiger partial charge in [0.1, 0.15) is 12.1 Å². The summed E-state index contributed by atoms with van der Waals surface area (Å²) in [5.41, 5.74) is 7.28. The Bertz CT molecular complexity index is 2880. The van der Waals surface area contributed by atoms with Crippen molar-refractivity contribution in [3.8, 4) is 0 Å². The molecule has 0 aliphatic carbocycles. The highest BCUT2D eigenvalue weighted by atomic mass is 32.2. The fraction of sp³-hybridized carbons (Fsp3) is 0.241. The van der Waals surface area contributed by atoms with Crippen LogP contribution < -0.4 is 10.6 Å². The molecule has 0 spiro atoms. The summed E-state index contributed by atoms with van der Waals surface area (Å²) in [6.07, 6.45) is 0.242. The fourth-order valence-electron chi connectivity index (χ4n) is 8.51. The molecule has 2 aliphatic rings. The van der Waals surface area contributed by atoms with E-state index >= 15 is 0 Å². The van der Waals surface area contributed by atoms with Gasteiger partial charge in [0.2, 0.25) is 11.8 Å². The Morgan fingerprint density at radius 3 is 1.08 bits per heavy atom. The number of rotatable bonds is 19. The summed E-state index contributed by atoms with van der Waals surface area (Å²) in [4.78, 5) is 98.1. The first kappa shape index (κ1) is 58.3. The molecule has 17 nitrogen and oxygen atoms in total. The monoisotopic (exact) mass is 1080 g/mol. The molecule has 0 unspecified atom stereocenters. The lowest BCUT2D eigenvalue weighted by atomic mass is 9.83. The van der Waals surface area contributed by atoms with E-state index in [0.29, 0.717) is 5.06 Å². The number of nitrogens with zero attached hydrogens (tertiary/aromatic N) is 2. The van der Waals surface area contributed by atoms with Crippen LogP contribution in [0.2, 0.25) is 0 Å². The average Bonchev–Trinajstić information content (AvgIpc) is 4.00. The minimum Gasteiger partial charge on any atom is -0.480 e. The van der Waals surface area contributed by atoms with E-state index in [1.807, 2.05) is 170 Å². The van der Waals surface area contributed by atoms with E-state index in [1.54, 1.807) is 0 Å². The summed E-state index contributed by atoms with van der Waals surface area (Å²) in [6, 6.07) is 52.4. The van der Waals surface area contributed by atoms with Crippen LogP contribution in [0.25, 0.3) is 0 Å². The number of nitrogens with one attached hydrogen (secondary N) is 2. The molecule has 2 fully saturated rings. The topological polar surface area (TPSA) is 257 Å². The van der Waals surface area contributed by atoms with E-state index in [9.17, 15) is 53.7 Å². The second-order valence-electron chi connectivity index (χ2n) is 17.6. The molecule has 6 N–H and O–H groups in total. The lowest BCUT2D eigenvalue weighted by Crippen LogP contribution is -2.47. The molecule has 19 heteroatoms. The van der Waals surface area contributed by atoms with Gasteiger partial charge in [-0.1, -0.05) is 170 Å². The van der Waals surface area contributed by atoms with Crippen molar-refractivity contribution >= 4 is 70.9 Å². The first-order chi connectivity index (χ1) is 37.0. The Morgan fingerprint density at radius 2 is 0.792 bits per heavy atom. The second-order valence-corrected chi connectivity index (χ2v) is 20.1. The Kier molecular flexibility index (Phi) is 21.0. The number of benzene rings is 6. The highest BCUT2D eigenvalue weighted by Crippen LogP contribution is 2.50. The van der Waals surface area contributed by atoms with Gasteiger partial charge in [0, 0.05) is 51.0 Å². The number of hydroxylamine groups is 4. The predicted molar refractivity (Wildman–Crippen MR) is 288 cm³/mol. The molecule has 0 bridgehead atoms. The van der Waals surface area contributed by atoms with Crippen LogP contribution in [0.5, 0.6) is 0 Å². The zero-order valence-electron chi connectivity index (χ0n) is 42.2. The maximum Gasteiger partial charge on any atom is 0.356 e. The van der Waals surface area contributed by atoms with Gasteiger partial charge in [0.15, 0.2) is 0 Å². The SMILES string of the molecule is CC(=O)N[C@@H](CSC(c1ccccc1)(c1ccccc1)c1ccc(CO)cc1)C(=O)O.CC(=O)N[C@@H](CSC(c1ccccc1)(c1ccccc1)c1ccc(CO)cc1)C(=O)ON1C(=O)CCC1=O.O=C1CCC(=O)N1O. The Morgan fingerprint density at radius 1 is 0.494 bits per heavy atom. The number of aliphatic hydroxyl groups is 2. The maximum absolute atomic E-state index is 13.1. The lowest BCUT2D eigenvalue weighted by Gasteiger charge is -2.36. The highest BCUT2D eigenvalue weighted by molar-refractivity contribution is 8.01. The number of amides is 6. The average molecular weight is 1080 g/mol. The molecule has 6 aromatic carbocycles. The van der Waals surface area contributed by atoms with Crippen molar-refractivity contribution in [2.75, 3.05) is 11.5 Å². The molecule has 8 rings (SSSR count). The molecule has 400 valence electrons. The molecule has 0 aromatic heterocycles. The molecule has 2 saturated heterocycles. The predicted octanol–water partition coefficient (Wildman–Crippen LogP) is 6.63. The van der Waals surface area contributed by atoms with Gasteiger partial charge in [0.05, 0.1) is 22.7 Å². The standard InChI is InChI=1S/C29H28N2O6S.C25H25NO4S.C4H5NO3/c1-20(33)30-25(28(36)37-31-26(34)16-17-27(31)35)19-38-29(22-8-4-2-5-9-22,23-10-6-3-7-11-23)24-14-12-21(18-32)13-15-24;1-18(28)26-23(24(29)30)17-31-25(20-8-4-2-5-9-20,21-10-6-3-7-11-21)22-14-12-19(16-27)13-15-22;6-3-1-2-4(7)5(3)8/h2-15,25,32H,16-19H2,1H3,(H,30,33);2-15,23,27H,16-17H2,1H3,(H,26,28)(H,29,30);8H,1-2H2/t25-;23-;/m00./s1. The summed E-state index contributed by atoms with van der Waals surface area (Å²) >= 11 is 2.88. The first-order valence-corrected chi connectivity index (χ1v) is 26.3. The van der Waals surface area contributed by atoms with E-state index in [2.05, 4.69) is 10.6 Å². The minimum absolute atomic E-state index is 0.0272. The third-order valence-electron chi connectivity index (χ3n) is 12.3. The maximum atomic E-state index is 13.1. The van der Waals surface area contributed by atoms with Crippen molar-refractivity contribution in [3.05, 3.63) is 214 Å². The molecular weight excluding hydrogens is 1020 g/mol. The number of carbonyl (C=O) groups excluding carboxylic acids is 7. The van der Waals surface area contributed by atoms with Crippen LogP contribution in [0, 0.1) is 0 Å². The lowest BCUT2D eigenvalue weighted by molar-refractivity contribution is -0.198. The van der Waals surface area contributed by atoms with Crippen molar-refractivity contribution in [2.24, 2.45) is 0 Å². The number of carboxylic acids is 1. The quantitative estimate of drug-likeness (QED) is 0.0283. The minimum atomic E-state index is -1.14. The largest absolute Gasteiger partial charge is 0.480 e. The van der Waals surface area contributed by atoms with E-state index in [4.69, 9.17) is 10.0 Å². The zero-order chi connectivity index (χ0) is 55.5. The first-order valence-electron chi connectivity index (χ1n) is 24.3. The van der Waals surface area contributed by atoms with Gasteiger partial charge in [-0.2, -0.15) is 5.06 Å². The summed E-state index contributed by atoms with van der Waals surface area (Å²) in [6.45, 7) is 2.45. The number of carbonyl (C=O) groups is 8. The summed E-state index contributed by atoms with van der Waals surface area (Å²) in [5.74, 6) is -4.77. The van der Waals surface area contributed by atoms with Crippen LogP contribution in [0.15, 0.2) is 170 Å². The van der Waals surface area contributed by atoms with Gasteiger partial charge in [0.25, 0.3) is 23.6 Å². The number of carboxylic acid groups (broad SMARTS) is 1. The van der Waals surface area contributed by atoms with Crippen LogP contribution in [0.1, 0.15) is 84.0 Å². The molecule has 2 atom stereocenters. The van der Waals surface area contributed by atoms with Crippen LogP contribution in [0.4, 0.5) is 0 Å². The summed E-state index contributed by atoms with van der Waals surface area (Å²) < 4.78 is -1.52. The summed E-state index contributed by atoms with van der Waals surface area (Å²) in [5, 5.41) is 42.9. The van der Waals surface area contributed by atoms with E-state index in [1.165, 1.54) is 37.4 Å². The van der Waals surface area contributed by atoms with Gasteiger partial charge in [-0.3, -0.25) is 34.0 Å². The van der Waals surface area contributed by atoms with Crippen LogP contribution in [-0.4, -0.2) is 102 Å². The molecule has 2 heterocycles. The third-order valence-corrected chi connectivity index (χ3v) is 15.6. The van der Waals surface area contributed by atoms with Gasteiger partial charge >= 0.3 is 11.9 Å². The molecule has 2 aliphatic heterocycles. The normalized spacial score (nSPS) is 14.1. The number of hydrogen-bond acceptors (Lipinski definition) is 14. The highest BCUT2D eigenvalue weighted by Gasteiger charge is 2.42. The Labute approximate surface area is 453 Å².